The summed E-state index contributed by atoms with van der Waals surface area (Å²) in [6, 6.07) is 9.56. The number of benzene rings is 2. The molecule has 0 aromatic heterocycles. The van der Waals surface area contributed by atoms with Gasteiger partial charge in [-0.15, -0.1) is 0 Å². The lowest BCUT2D eigenvalue weighted by molar-refractivity contribution is 0.0695. The van der Waals surface area contributed by atoms with Crippen LogP contribution in [0.1, 0.15) is 26.3 Å². The number of carboxylic acid groups (broad SMARTS) is 1. The van der Waals surface area contributed by atoms with E-state index < -0.39 is 5.97 Å². The summed E-state index contributed by atoms with van der Waals surface area (Å²) in [7, 11) is 0. The molecule has 0 spiro atoms. The standard InChI is InChI=1S/C15H11BrClNO3/c1-8-2-4-10(7-11(8)15(20)21)18-14(19)9-3-5-12(16)13(17)6-9/h2-7H,1H3,(H,18,19)(H,20,21). The molecule has 0 radical (unpaired) electrons. The molecule has 0 saturated carbocycles. The molecule has 0 aliphatic heterocycles. The lowest BCUT2D eigenvalue weighted by atomic mass is 10.1. The Morgan fingerprint density at radius 2 is 1.90 bits per heavy atom. The van der Waals surface area contributed by atoms with Crippen molar-refractivity contribution in [3.05, 3.63) is 62.6 Å². The Hall–Kier alpha value is -1.85. The van der Waals surface area contributed by atoms with Crippen molar-refractivity contribution in [3.63, 3.8) is 0 Å². The summed E-state index contributed by atoms with van der Waals surface area (Å²) in [6.45, 7) is 1.70. The van der Waals surface area contributed by atoms with Gasteiger partial charge < -0.3 is 10.4 Å². The first-order chi connectivity index (χ1) is 9.88. The lowest BCUT2D eigenvalue weighted by Crippen LogP contribution is -2.12. The minimum Gasteiger partial charge on any atom is -0.478 e. The molecule has 4 nitrogen and oxygen atoms in total. The van der Waals surface area contributed by atoms with Gasteiger partial charge in [0, 0.05) is 15.7 Å². The van der Waals surface area contributed by atoms with Crippen LogP contribution in [0.15, 0.2) is 40.9 Å². The SMILES string of the molecule is Cc1ccc(NC(=O)c2ccc(Br)c(Cl)c2)cc1C(=O)O. The zero-order valence-corrected chi connectivity index (χ0v) is 13.3. The monoisotopic (exact) mass is 367 g/mol. The smallest absolute Gasteiger partial charge is 0.336 e. The minimum atomic E-state index is -1.03. The van der Waals surface area contributed by atoms with Crippen LogP contribution in [-0.2, 0) is 0 Å². The fraction of sp³-hybridized carbons (Fsp3) is 0.0667. The molecule has 21 heavy (non-hydrogen) atoms. The maximum atomic E-state index is 12.1. The van der Waals surface area contributed by atoms with E-state index in [2.05, 4.69) is 21.2 Å². The van der Waals surface area contributed by atoms with Gasteiger partial charge in [-0.2, -0.15) is 0 Å². The summed E-state index contributed by atoms with van der Waals surface area (Å²) in [5, 5.41) is 12.2. The molecule has 6 heteroatoms. The number of hydrogen-bond acceptors (Lipinski definition) is 2. The van der Waals surface area contributed by atoms with E-state index in [0.29, 0.717) is 26.3 Å². The number of aromatic carboxylic acids is 1. The van der Waals surface area contributed by atoms with Gasteiger partial charge in [0.2, 0.25) is 0 Å². The molecule has 0 heterocycles. The van der Waals surface area contributed by atoms with E-state index in [-0.39, 0.29) is 11.5 Å². The topological polar surface area (TPSA) is 66.4 Å². The number of hydrogen-bond donors (Lipinski definition) is 2. The van der Waals surface area contributed by atoms with E-state index in [1.165, 1.54) is 12.1 Å². The van der Waals surface area contributed by atoms with E-state index in [1.54, 1.807) is 31.2 Å². The molecular formula is C15H11BrClNO3. The zero-order valence-electron chi connectivity index (χ0n) is 11.0. The number of nitrogens with one attached hydrogen (secondary N) is 1. The fourth-order valence-corrected chi connectivity index (χ4v) is 2.20. The van der Waals surface area contributed by atoms with Gasteiger partial charge in [-0.1, -0.05) is 17.7 Å². The molecule has 2 aromatic rings. The highest BCUT2D eigenvalue weighted by Gasteiger charge is 2.11. The molecule has 2 aromatic carbocycles. The highest BCUT2D eigenvalue weighted by Crippen LogP contribution is 2.24. The van der Waals surface area contributed by atoms with Crippen molar-refractivity contribution < 1.29 is 14.7 Å². The van der Waals surface area contributed by atoms with Crippen LogP contribution >= 0.6 is 27.5 Å². The first kappa shape index (κ1) is 15.5. The summed E-state index contributed by atoms with van der Waals surface area (Å²) in [6.07, 6.45) is 0. The van der Waals surface area contributed by atoms with Gasteiger partial charge in [-0.05, 0) is 58.7 Å². The van der Waals surface area contributed by atoms with Gasteiger partial charge in [-0.3, -0.25) is 4.79 Å². The maximum absolute atomic E-state index is 12.1. The van der Waals surface area contributed by atoms with Crippen molar-refractivity contribution in [1.82, 2.24) is 0 Å². The summed E-state index contributed by atoms with van der Waals surface area (Å²) in [5.74, 6) is -1.39. The van der Waals surface area contributed by atoms with Crippen LogP contribution in [-0.4, -0.2) is 17.0 Å². The van der Waals surface area contributed by atoms with E-state index >= 15 is 0 Å². The largest absolute Gasteiger partial charge is 0.478 e. The van der Waals surface area contributed by atoms with Gasteiger partial charge in [0.1, 0.15) is 0 Å². The molecule has 108 valence electrons. The van der Waals surface area contributed by atoms with Gasteiger partial charge in [0.05, 0.1) is 10.6 Å². The first-order valence-electron chi connectivity index (χ1n) is 5.99. The fourth-order valence-electron chi connectivity index (χ4n) is 1.77. The molecule has 1 amide bonds. The van der Waals surface area contributed by atoms with Crippen LogP contribution in [0, 0.1) is 6.92 Å². The average molecular weight is 369 g/mol. The quantitative estimate of drug-likeness (QED) is 0.846. The highest BCUT2D eigenvalue weighted by molar-refractivity contribution is 9.10. The molecule has 2 rings (SSSR count). The van der Waals surface area contributed by atoms with Crippen molar-refractivity contribution in [3.8, 4) is 0 Å². The number of carbonyl (C=O) groups is 2. The van der Waals surface area contributed by atoms with Gasteiger partial charge in [0.25, 0.3) is 5.91 Å². The number of aryl methyl sites for hydroxylation is 1. The first-order valence-corrected chi connectivity index (χ1v) is 7.16. The Balaban J connectivity index is 2.25. The average Bonchev–Trinajstić information content (AvgIpc) is 2.43. The molecule has 0 aliphatic carbocycles. The molecule has 0 aliphatic rings. The summed E-state index contributed by atoms with van der Waals surface area (Å²) < 4.78 is 0.698. The van der Waals surface area contributed by atoms with Crippen molar-refractivity contribution in [2.24, 2.45) is 0 Å². The Bertz CT molecular complexity index is 731. The van der Waals surface area contributed by atoms with E-state index in [1.807, 2.05) is 0 Å². The van der Waals surface area contributed by atoms with Crippen molar-refractivity contribution in [2.45, 2.75) is 6.92 Å². The van der Waals surface area contributed by atoms with Crippen LogP contribution in [0.4, 0.5) is 5.69 Å². The third kappa shape index (κ3) is 3.62. The predicted molar refractivity (Wildman–Crippen MR) is 85.2 cm³/mol. The molecule has 0 atom stereocenters. The molecule has 2 N–H and O–H groups in total. The van der Waals surface area contributed by atoms with E-state index in [9.17, 15) is 9.59 Å². The molecule has 0 bridgehead atoms. The molecule has 0 fully saturated rings. The van der Waals surface area contributed by atoms with Crippen molar-refractivity contribution >= 4 is 45.1 Å². The normalized spacial score (nSPS) is 10.2. The maximum Gasteiger partial charge on any atom is 0.336 e. The second-order valence-corrected chi connectivity index (χ2v) is 5.68. The van der Waals surface area contributed by atoms with Crippen LogP contribution in [0.2, 0.25) is 5.02 Å². The van der Waals surface area contributed by atoms with Crippen molar-refractivity contribution in [2.75, 3.05) is 5.32 Å². The Morgan fingerprint density at radius 3 is 2.52 bits per heavy atom. The van der Waals surface area contributed by atoms with Crippen LogP contribution < -0.4 is 5.32 Å². The molecular weight excluding hydrogens is 358 g/mol. The van der Waals surface area contributed by atoms with E-state index in [0.717, 1.165) is 0 Å². The van der Waals surface area contributed by atoms with Gasteiger partial charge in [0.15, 0.2) is 0 Å². The summed E-state index contributed by atoms with van der Waals surface area (Å²) >= 11 is 9.19. The number of anilines is 1. The summed E-state index contributed by atoms with van der Waals surface area (Å²) in [4.78, 5) is 23.2. The number of carboxylic acids is 1. The van der Waals surface area contributed by atoms with Crippen LogP contribution in [0.3, 0.4) is 0 Å². The second-order valence-electron chi connectivity index (χ2n) is 4.42. The zero-order chi connectivity index (χ0) is 15.6. The van der Waals surface area contributed by atoms with Gasteiger partial charge >= 0.3 is 5.97 Å². The van der Waals surface area contributed by atoms with Crippen molar-refractivity contribution in [1.29, 1.82) is 0 Å². The van der Waals surface area contributed by atoms with Gasteiger partial charge in [-0.25, -0.2) is 4.79 Å². The summed E-state index contributed by atoms with van der Waals surface area (Å²) in [5.41, 5.74) is 1.59. The van der Waals surface area contributed by atoms with Crippen LogP contribution in [0.5, 0.6) is 0 Å². The predicted octanol–water partition coefficient (Wildman–Crippen LogP) is 4.36. The number of rotatable bonds is 3. The molecule has 0 unspecified atom stereocenters. The Morgan fingerprint density at radius 1 is 1.19 bits per heavy atom. The number of halogens is 2. The second kappa shape index (κ2) is 6.28. The third-order valence-corrected chi connectivity index (χ3v) is 4.14. The number of carbonyl (C=O) groups excluding carboxylic acids is 1. The van der Waals surface area contributed by atoms with Crippen LogP contribution in [0.25, 0.3) is 0 Å². The lowest BCUT2D eigenvalue weighted by Gasteiger charge is -2.08. The minimum absolute atomic E-state index is 0.154. The molecule has 0 saturated heterocycles. The Kier molecular flexibility index (Phi) is 4.65. The van der Waals surface area contributed by atoms with E-state index in [4.69, 9.17) is 16.7 Å². The number of amides is 1. The Labute approximate surface area is 134 Å². The highest BCUT2D eigenvalue weighted by atomic mass is 79.9. The third-order valence-electron chi connectivity index (χ3n) is 2.91.